The zero-order valence-corrected chi connectivity index (χ0v) is 5.77. The monoisotopic (exact) mass is 159 g/mol. The highest BCUT2D eigenvalue weighted by atomic mass is 32.1. The van der Waals surface area contributed by atoms with Gasteiger partial charge in [-0.05, 0) is 12.2 Å². The van der Waals surface area contributed by atoms with Crippen molar-refractivity contribution >= 4 is 29.3 Å². The lowest BCUT2D eigenvalue weighted by atomic mass is 10.6. The molecule has 1 heterocycles. The van der Waals surface area contributed by atoms with Gasteiger partial charge >= 0.3 is 6.03 Å². The lowest BCUT2D eigenvalue weighted by Crippen LogP contribution is -2.37. The number of thiocarbonyl (C=S) groups is 1. The molecule has 0 radical (unpaired) electrons. The van der Waals surface area contributed by atoms with Crippen LogP contribution in [0.3, 0.4) is 0 Å². The van der Waals surface area contributed by atoms with E-state index in [1.807, 2.05) is 0 Å². The van der Waals surface area contributed by atoms with Gasteiger partial charge in [0.25, 0.3) is 0 Å². The summed E-state index contributed by atoms with van der Waals surface area (Å²) in [5.74, 6) is -0.302. The summed E-state index contributed by atoms with van der Waals surface area (Å²) in [4.78, 5) is 21.9. The average molecular weight is 159 g/mol. The van der Waals surface area contributed by atoms with Gasteiger partial charge in [-0.25, -0.2) is 4.79 Å². The van der Waals surface area contributed by atoms with Crippen molar-refractivity contribution in [3.8, 4) is 0 Å². The third-order valence-electron chi connectivity index (χ3n) is 1.06. The summed E-state index contributed by atoms with van der Waals surface area (Å²) in [5.41, 5.74) is 4.86. The van der Waals surface area contributed by atoms with Gasteiger partial charge in [-0.3, -0.25) is 9.69 Å². The number of carbonyl (C=O) groups excluding carboxylic acids is 2. The quantitative estimate of drug-likeness (QED) is 0.435. The summed E-state index contributed by atoms with van der Waals surface area (Å²) in [6.07, 6.45) is 0. The Labute approximate surface area is 62.2 Å². The first kappa shape index (κ1) is 6.94. The fraction of sp³-hybridized carbons (Fsp3) is 0.250. The van der Waals surface area contributed by atoms with Crippen molar-refractivity contribution in [3.63, 3.8) is 0 Å². The normalized spacial score (nSPS) is 17.4. The highest BCUT2D eigenvalue weighted by Crippen LogP contribution is 1.96. The molecule has 3 amide bonds. The Balaban J connectivity index is 2.72. The maximum Gasteiger partial charge on any atom is 0.321 e. The summed E-state index contributed by atoms with van der Waals surface area (Å²) in [5, 5.41) is 2.35. The summed E-state index contributed by atoms with van der Waals surface area (Å²) in [6.45, 7) is -0.0613. The van der Waals surface area contributed by atoms with E-state index in [1.54, 1.807) is 0 Å². The van der Waals surface area contributed by atoms with Crippen molar-refractivity contribution in [1.29, 1.82) is 0 Å². The molecular weight excluding hydrogens is 154 g/mol. The predicted octanol–water partition coefficient (Wildman–Crippen LogP) is -1.22. The number of urea groups is 1. The number of nitrogens with zero attached hydrogens (tertiary/aromatic N) is 1. The second kappa shape index (κ2) is 2.22. The highest BCUT2D eigenvalue weighted by molar-refractivity contribution is 7.80. The SMILES string of the molecule is NC(=O)N1CC(=O)NC1=S. The van der Waals surface area contributed by atoms with Gasteiger partial charge in [0.05, 0.1) is 0 Å². The molecule has 5 nitrogen and oxygen atoms in total. The van der Waals surface area contributed by atoms with Gasteiger partial charge in [0.2, 0.25) is 5.91 Å². The zero-order chi connectivity index (χ0) is 7.72. The van der Waals surface area contributed by atoms with Crippen molar-refractivity contribution < 1.29 is 9.59 Å². The van der Waals surface area contributed by atoms with Crippen LogP contribution in [-0.2, 0) is 4.79 Å². The minimum Gasteiger partial charge on any atom is -0.351 e. The number of primary amides is 1. The summed E-state index contributed by atoms with van der Waals surface area (Å²) in [6, 6.07) is -0.705. The molecule has 1 rings (SSSR count). The number of nitrogens with one attached hydrogen (secondary N) is 1. The Kier molecular flexibility index (Phi) is 1.54. The average Bonchev–Trinajstić information content (AvgIpc) is 2.10. The van der Waals surface area contributed by atoms with E-state index in [-0.39, 0.29) is 17.6 Å². The topological polar surface area (TPSA) is 75.4 Å². The molecule has 0 unspecified atom stereocenters. The van der Waals surface area contributed by atoms with E-state index in [2.05, 4.69) is 17.5 Å². The standard InChI is InChI=1S/C4H5N3O2S/c5-3(9)7-1-2(8)6-4(7)10/h1H2,(H2,5,9)(H,6,8,10). The van der Waals surface area contributed by atoms with Gasteiger partial charge < -0.3 is 11.1 Å². The minimum atomic E-state index is -0.705. The van der Waals surface area contributed by atoms with E-state index < -0.39 is 6.03 Å². The maximum absolute atomic E-state index is 10.5. The highest BCUT2D eigenvalue weighted by Gasteiger charge is 2.26. The van der Waals surface area contributed by atoms with Crippen LogP contribution in [0.15, 0.2) is 0 Å². The molecule has 0 saturated carbocycles. The fourth-order valence-electron chi connectivity index (χ4n) is 0.620. The molecule has 0 bridgehead atoms. The van der Waals surface area contributed by atoms with E-state index in [4.69, 9.17) is 5.73 Å². The number of rotatable bonds is 0. The van der Waals surface area contributed by atoms with Crippen LogP contribution in [-0.4, -0.2) is 28.5 Å². The second-order valence-electron chi connectivity index (χ2n) is 1.78. The van der Waals surface area contributed by atoms with Crippen LogP contribution >= 0.6 is 12.2 Å². The minimum absolute atomic E-state index is 0.0613. The first-order chi connectivity index (χ1) is 4.61. The van der Waals surface area contributed by atoms with Crippen LogP contribution in [0.4, 0.5) is 4.79 Å². The van der Waals surface area contributed by atoms with Gasteiger partial charge in [-0.1, -0.05) is 0 Å². The molecule has 1 fully saturated rings. The van der Waals surface area contributed by atoms with Crippen molar-refractivity contribution in [2.45, 2.75) is 0 Å². The van der Waals surface area contributed by atoms with E-state index in [0.29, 0.717) is 0 Å². The van der Waals surface area contributed by atoms with Crippen LogP contribution in [0.5, 0.6) is 0 Å². The molecule has 0 aromatic rings. The second-order valence-corrected chi connectivity index (χ2v) is 2.16. The molecule has 10 heavy (non-hydrogen) atoms. The van der Waals surface area contributed by atoms with Gasteiger partial charge in [0, 0.05) is 0 Å². The van der Waals surface area contributed by atoms with Crippen LogP contribution in [0.25, 0.3) is 0 Å². The number of hydrogen-bond donors (Lipinski definition) is 2. The molecule has 1 saturated heterocycles. The van der Waals surface area contributed by atoms with Crippen LogP contribution in [0, 0.1) is 0 Å². The van der Waals surface area contributed by atoms with Crippen molar-refractivity contribution in [2.24, 2.45) is 5.73 Å². The fourth-order valence-corrected chi connectivity index (χ4v) is 0.888. The van der Waals surface area contributed by atoms with Crippen molar-refractivity contribution in [2.75, 3.05) is 6.54 Å². The maximum atomic E-state index is 10.5. The lowest BCUT2D eigenvalue weighted by molar-refractivity contribution is -0.118. The van der Waals surface area contributed by atoms with E-state index in [9.17, 15) is 9.59 Å². The van der Waals surface area contributed by atoms with Crippen molar-refractivity contribution in [1.82, 2.24) is 10.2 Å². The molecule has 0 aromatic carbocycles. The number of carbonyl (C=O) groups is 2. The molecule has 6 heteroatoms. The molecule has 1 aliphatic rings. The van der Waals surface area contributed by atoms with Gasteiger partial charge in [-0.2, -0.15) is 0 Å². The van der Waals surface area contributed by atoms with E-state index >= 15 is 0 Å². The lowest BCUT2D eigenvalue weighted by Gasteiger charge is -2.07. The predicted molar refractivity (Wildman–Crippen MR) is 37.0 cm³/mol. The Morgan fingerprint density at radius 3 is 2.60 bits per heavy atom. The largest absolute Gasteiger partial charge is 0.351 e. The number of nitrogens with two attached hydrogens (primary N) is 1. The summed E-state index contributed by atoms with van der Waals surface area (Å²) >= 11 is 4.59. The number of hydrogen-bond acceptors (Lipinski definition) is 3. The number of amides is 3. The first-order valence-corrected chi connectivity index (χ1v) is 2.93. The van der Waals surface area contributed by atoms with E-state index in [1.165, 1.54) is 0 Å². The smallest absolute Gasteiger partial charge is 0.321 e. The van der Waals surface area contributed by atoms with Crippen LogP contribution in [0.2, 0.25) is 0 Å². The van der Waals surface area contributed by atoms with Crippen LogP contribution in [0.1, 0.15) is 0 Å². The van der Waals surface area contributed by atoms with Crippen LogP contribution < -0.4 is 11.1 Å². The Morgan fingerprint density at radius 1 is 1.80 bits per heavy atom. The Bertz CT molecular complexity index is 215. The molecule has 0 aromatic heterocycles. The molecule has 0 atom stereocenters. The van der Waals surface area contributed by atoms with E-state index in [0.717, 1.165) is 4.90 Å². The molecule has 0 spiro atoms. The van der Waals surface area contributed by atoms with Gasteiger partial charge in [-0.15, -0.1) is 0 Å². The molecule has 0 aliphatic carbocycles. The third-order valence-corrected chi connectivity index (χ3v) is 1.38. The van der Waals surface area contributed by atoms with Crippen molar-refractivity contribution in [3.05, 3.63) is 0 Å². The molecule has 54 valence electrons. The first-order valence-electron chi connectivity index (χ1n) is 2.52. The zero-order valence-electron chi connectivity index (χ0n) is 4.96. The molecule has 1 aliphatic heterocycles. The Morgan fingerprint density at radius 2 is 2.40 bits per heavy atom. The summed E-state index contributed by atoms with van der Waals surface area (Å²) in [7, 11) is 0. The summed E-state index contributed by atoms with van der Waals surface area (Å²) < 4.78 is 0. The Hall–Kier alpha value is -1.17. The van der Waals surface area contributed by atoms with Gasteiger partial charge in [0.1, 0.15) is 6.54 Å². The third kappa shape index (κ3) is 1.06. The van der Waals surface area contributed by atoms with Gasteiger partial charge in [0.15, 0.2) is 5.11 Å². The molecular formula is C4H5N3O2S. The molecule has 3 N–H and O–H groups in total.